The summed E-state index contributed by atoms with van der Waals surface area (Å²) in [6.45, 7) is 6.54. The fraction of sp³-hybridized carbons (Fsp3) is 0.280. The Balaban J connectivity index is 1.57. The second-order valence-corrected chi connectivity index (χ2v) is 7.04. The topological polar surface area (TPSA) is 48.4 Å². The summed E-state index contributed by atoms with van der Waals surface area (Å²) in [5.74, 6) is 1.52. The standard InChI is InChI=1S/C25H27NO3/c1-4-20-11-12-22(26-16-20)13-14-28-23-9-6-10-24(15-23)29-17-21-8-5-7-18(2)25(21)19(3)27/h5-12,15-16H,4,13-14,17H2,1-3H3. The molecule has 2 aromatic carbocycles. The zero-order valence-electron chi connectivity index (χ0n) is 17.3. The second kappa shape index (κ2) is 9.87. The van der Waals surface area contributed by atoms with Gasteiger partial charge in [-0.1, -0.05) is 37.3 Å². The molecular weight excluding hydrogens is 362 g/mol. The summed E-state index contributed by atoms with van der Waals surface area (Å²) in [5.41, 5.74) is 4.86. The fourth-order valence-electron chi connectivity index (χ4n) is 3.25. The van der Waals surface area contributed by atoms with Crippen molar-refractivity contribution in [3.63, 3.8) is 0 Å². The van der Waals surface area contributed by atoms with E-state index in [9.17, 15) is 4.79 Å². The molecule has 0 spiro atoms. The van der Waals surface area contributed by atoms with Crippen LogP contribution in [0.2, 0.25) is 0 Å². The molecule has 29 heavy (non-hydrogen) atoms. The fourth-order valence-corrected chi connectivity index (χ4v) is 3.25. The number of benzene rings is 2. The molecular formula is C25H27NO3. The number of ketones is 1. The zero-order valence-corrected chi connectivity index (χ0v) is 17.3. The van der Waals surface area contributed by atoms with Crippen LogP contribution in [0.3, 0.4) is 0 Å². The number of nitrogens with zero attached hydrogens (tertiary/aromatic N) is 1. The van der Waals surface area contributed by atoms with Gasteiger partial charge in [-0.2, -0.15) is 0 Å². The summed E-state index contributed by atoms with van der Waals surface area (Å²) in [6.07, 6.45) is 3.66. The maximum Gasteiger partial charge on any atom is 0.160 e. The van der Waals surface area contributed by atoms with Crippen LogP contribution in [-0.2, 0) is 19.4 Å². The predicted molar refractivity (Wildman–Crippen MR) is 115 cm³/mol. The molecule has 0 saturated heterocycles. The van der Waals surface area contributed by atoms with Crippen LogP contribution in [0.1, 0.15) is 46.6 Å². The average molecular weight is 389 g/mol. The quantitative estimate of drug-likeness (QED) is 0.463. The number of hydrogen-bond acceptors (Lipinski definition) is 4. The first-order valence-electron chi connectivity index (χ1n) is 9.95. The smallest absolute Gasteiger partial charge is 0.160 e. The number of pyridine rings is 1. The van der Waals surface area contributed by atoms with Gasteiger partial charge in [0.25, 0.3) is 0 Å². The molecule has 0 radical (unpaired) electrons. The van der Waals surface area contributed by atoms with E-state index in [-0.39, 0.29) is 5.78 Å². The first-order chi connectivity index (χ1) is 14.1. The third-order valence-corrected chi connectivity index (χ3v) is 4.83. The van der Waals surface area contributed by atoms with Gasteiger partial charge in [-0.3, -0.25) is 9.78 Å². The molecule has 1 aromatic heterocycles. The van der Waals surface area contributed by atoms with Crippen LogP contribution < -0.4 is 9.47 Å². The number of hydrogen-bond donors (Lipinski definition) is 0. The summed E-state index contributed by atoms with van der Waals surface area (Å²) in [4.78, 5) is 16.4. The van der Waals surface area contributed by atoms with Crippen LogP contribution in [0.15, 0.2) is 60.8 Å². The van der Waals surface area contributed by atoms with Crippen molar-refractivity contribution in [2.45, 2.75) is 40.2 Å². The molecule has 4 nitrogen and oxygen atoms in total. The Hall–Kier alpha value is -3.14. The highest BCUT2D eigenvalue weighted by Gasteiger charge is 2.11. The highest BCUT2D eigenvalue weighted by Crippen LogP contribution is 2.22. The van der Waals surface area contributed by atoms with Crippen LogP contribution in [0.5, 0.6) is 11.5 Å². The first kappa shape index (κ1) is 20.6. The van der Waals surface area contributed by atoms with Gasteiger partial charge in [0, 0.05) is 35.5 Å². The van der Waals surface area contributed by atoms with E-state index in [2.05, 4.69) is 24.0 Å². The van der Waals surface area contributed by atoms with Crippen molar-refractivity contribution < 1.29 is 14.3 Å². The molecule has 0 N–H and O–H groups in total. The van der Waals surface area contributed by atoms with E-state index < -0.39 is 0 Å². The van der Waals surface area contributed by atoms with Gasteiger partial charge in [0.1, 0.15) is 18.1 Å². The molecule has 0 atom stereocenters. The van der Waals surface area contributed by atoms with Crippen molar-refractivity contribution >= 4 is 5.78 Å². The molecule has 0 aliphatic heterocycles. The number of ether oxygens (including phenoxy) is 2. The molecule has 0 amide bonds. The van der Waals surface area contributed by atoms with Gasteiger partial charge in [0.2, 0.25) is 0 Å². The lowest BCUT2D eigenvalue weighted by Crippen LogP contribution is -2.06. The normalized spacial score (nSPS) is 10.6. The van der Waals surface area contributed by atoms with Crippen LogP contribution in [0, 0.1) is 6.92 Å². The van der Waals surface area contributed by atoms with Crippen molar-refractivity contribution in [3.05, 3.63) is 88.7 Å². The molecule has 0 aliphatic carbocycles. The average Bonchev–Trinajstić information content (AvgIpc) is 2.73. The number of rotatable bonds is 9. The molecule has 3 aromatic rings. The third kappa shape index (κ3) is 5.67. The van der Waals surface area contributed by atoms with Crippen molar-refractivity contribution in [2.75, 3.05) is 6.61 Å². The molecule has 150 valence electrons. The largest absolute Gasteiger partial charge is 0.493 e. The Bertz CT molecular complexity index is 964. The van der Waals surface area contributed by atoms with Crippen LogP contribution in [-0.4, -0.2) is 17.4 Å². The SMILES string of the molecule is CCc1ccc(CCOc2cccc(OCc3cccc(C)c3C(C)=O)c2)nc1. The minimum absolute atomic E-state index is 0.0550. The van der Waals surface area contributed by atoms with Gasteiger partial charge in [-0.05, 0) is 49.6 Å². The number of aryl methyl sites for hydroxylation is 2. The van der Waals surface area contributed by atoms with Gasteiger partial charge in [0.05, 0.1) is 6.61 Å². The summed E-state index contributed by atoms with van der Waals surface area (Å²) in [5, 5.41) is 0. The van der Waals surface area contributed by atoms with Gasteiger partial charge in [0.15, 0.2) is 5.78 Å². The molecule has 0 unspecified atom stereocenters. The summed E-state index contributed by atoms with van der Waals surface area (Å²) < 4.78 is 11.8. The Kier molecular flexibility index (Phi) is 7.01. The van der Waals surface area contributed by atoms with Gasteiger partial charge in [-0.15, -0.1) is 0 Å². The molecule has 0 bridgehead atoms. The van der Waals surface area contributed by atoms with E-state index in [1.54, 1.807) is 6.92 Å². The lowest BCUT2D eigenvalue weighted by Gasteiger charge is -2.13. The highest BCUT2D eigenvalue weighted by atomic mass is 16.5. The molecule has 0 aliphatic rings. The third-order valence-electron chi connectivity index (χ3n) is 4.83. The van der Waals surface area contributed by atoms with Crippen molar-refractivity contribution in [1.29, 1.82) is 0 Å². The van der Waals surface area contributed by atoms with Crippen molar-refractivity contribution in [1.82, 2.24) is 4.98 Å². The minimum Gasteiger partial charge on any atom is -0.493 e. The van der Waals surface area contributed by atoms with Crippen LogP contribution in [0.25, 0.3) is 0 Å². The second-order valence-electron chi connectivity index (χ2n) is 7.04. The van der Waals surface area contributed by atoms with Gasteiger partial charge in [-0.25, -0.2) is 0 Å². The van der Waals surface area contributed by atoms with E-state index in [1.807, 2.05) is 55.6 Å². The Morgan fingerprint density at radius 2 is 1.76 bits per heavy atom. The van der Waals surface area contributed by atoms with Crippen LogP contribution >= 0.6 is 0 Å². The minimum atomic E-state index is 0.0550. The summed E-state index contributed by atoms with van der Waals surface area (Å²) in [7, 11) is 0. The maximum atomic E-state index is 11.9. The van der Waals surface area contributed by atoms with E-state index in [0.29, 0.717) is 19.0 Å². The van der Waals surface area contributed by atoms with E-state index >= 15 is 0 Å². The highest BCUT2D eigenvalue weighted by molar-refractivity contribution is 5.96. The predicted octanol–water partition coefficient (Wildman–Crippen LogP) is 5.36. The molecule has 0 saturated carbocycles. The van der Waals surface area contributed by atoms with Gasteiger partial charge < -0.3 is 9.47 Å². The maximum absolute atomic E-state index is 11.9. The molecule has 3 rings (SSSR count). The number of Topliss-reactive ketones (excluding diaryl/α,β-unsaturated/α-hetero) is 1. The zero-order chi connectivity index (χ0) is 20.6. The lowest BCUT2D eigenvalue weighted by molar-refractivity contribution is 0.101. The van der Waals surface area contributed by atoms with E-state index in [1.165, 1.54) is 5.56 Å². The number of carbonyl (C=O) groups excluding carboxylic acids is 1. The lowest BCUT2D eigenvalue weighted by atomic mass is 9.99. The number of carbonyl (C=O) groups is 1. The first-order valence-corrected chi connectivity index (χ1v) is 9.95. The van der Waals surface area contributed by atoms with Gasteiger partial charge >= 0.3 is 0 Å². The van der Waals surface area contributed by atoms with Crippen LogP contribution in [0.4, 0.5) is 0 Å². The Labute approximate surface area is 172 Å². The Morgan fingerprint density at radius 1 is 1.00 bits per heavy atom. The Morgan fingerprint density at radius 3 is 2.45 bits per heavy atom. The molecule has 1 heterocycles. The summed E-state index contributed by atoms with van der Waals surface area (Å²) in [6, 6.07) is 17.6. The number of aromatic nitrogens is 1. The summed E-state index contributed by atoms with van der Waals surface area (Å²) >= 11 is 0. The van der Waals surface area contributed by atoms with Crippen molar-refractivity contribution in [3.8, 4) is 11.5 Å². The van der Waals surface area contributed by atoms with E-state index in [4.69, 9.17) is 9.47 Å². The van der Waals surface area contributed by atoms with Crippen molar-refractivity contribution in [2.24, 2.45) is 0 Å². The van der Waals surface area contributed by atoms with E-state index in [0.717, 1.165) is 41.0 Å². The monoisotopic (exact) mass is 389 g/mol. The molecule has 0 fully saturated rings. The molecule has 4 heteroatoms.